The predicted octanol–water partition coefficient (Wildman–Crippen LogP) is 2.71. The lowest BCUT2D eigenvalue weighted by Crippen LogP contribution is -2.35. The fourth-order valence-electron chi connectivity index (χ4n) is 2.48. The van der Waals surface area contributed by atoms with Gasteiger partial charge >= 0.3 is 0 Å². The van der Waals surface area contributed by atoms with E-state index in [0.29, 0.717) is 19.6 Å². The van der Waals surface area contributed by atoms with Crippen LogP contribution >= 0.6 is 0 Å². The number of fused-ring (bicyclic) bond motifs is 1. The molecule has 0 spiro atoms. The van der Waals surface area contributed by atoms with Crippen molar-refractivity contribution in [3.8, 4) is 0 Å². The maximum atomic E-state index is 13.8. The molecule has 0 atom stereocenters. The number of rotatable bonds is 1. The van der Waals surface area contributed by atoms with Gasteiger partial charge in [0.1, 0.15) is 11.6 Å². The van der Waals surface area contributed by atoms with Crippen molar-refractivity contribution in [2.45, 2.75) is 6.54 Å². The van der Waals surface area contributed by atoms with Crippen LogP contribution in [-0.2, 0) is 6.54 Å². The zero-order valence-electron chi connectivity index (χ0n) is 11.3. The molecule has 0 radical (unpaired) electrons. The Hall–Kier alpha value is -2.27. The number of carbonyl (C=O) groups is 1. The Morgan fingerprint density at radius 3 is 2.76 bits per heavy atom. The van der Waals surface area contributed by atoms with E-state index in [0.717, 1.165) is 23.4 Å². The number of halogens is 2. The van der Waals surface area contributed by atoms with Gasteiger partial charge in [0.25, 0.3) is 5.91 Å². The van der Waals surface area contributed by atoms with E-state index >= 15 is 0 Å². The molecule has 0 aromatic heterocycles. The SMILES string of the molecule is O=C(c1ccc(F)cc1F)N1CCNCc2ccccc21. The number of hydrogen-bond donors (Lipinski definition) is 1. The van der Waals surface area contributed by atoms with Gasteiger partial charge in [-0.3, -0.25) is 4.79 Å². The molecule has 1 amide bonds. The van der Waals surface area contributed by atoms with E-state index in [9.17, 15) is 13.6 Å². The summed E-state index contributed by atoms with van der Waals surface area (Å²) in [5.74, 6) is -1.99. The summed E-state index contributed by atoms with van der Waals surface area (Å²) in [5.41, 5.74) is 1.62. The molecule has 5 heteroatoms. The van der Waals surface area contributed by atoms with Crippen molar-refractivity contribution in [1.82, 2.24) is 5.32 Å². The van der Waals surface area contributed by atoms with Crippen molar-refractivity contribution in [1.29, 1.82) is 0 Å². The van der Waals surface area contributed by atoms with Crippen LogP contribution in [-0.4, -0.2) is 19.0 Å². The molecule has 21 heavy (non-hydrogen) atoms. The van der Waals surface area contributed by atoms with E-state index in [1.165, 1.54) is 11.0 Å². The largest absolute Gasteiger partial charge is 0.311 e. The van der Waals surface area contributed by atoms with Crippen molar-refractivity contribution in [3.63, 3.8) is 0 Å². The second-order valence-corrected chi connectivity index (χ2v) is 4.89. The lowest BCUT2D eigenvalue weighted by atomic mass is 10.1. The molecule has 2 aromatic rings. The van der Waals surface area contributed by atoms with Crippen LogP contribution in [0.25, 0.3) is 0 Å². The highest BCUT2D eigenvalue weighted by Crippen LogP contribution is 2.24. The van der Waals surface area contributed by atoms with Crippen LogP contribution in [0, 0.1) is 11.6 Å². The number of carbonyl (C=O) groups excluding carboxylic acids is 1. The van der Waals surface area contributed by atoms with Crippen molar-refractivity contribution in [3.05, 3.63) is 65.2 Å². The van der Waals surface area contributed by atoms with Crippen LogP contribution in [0.3, 0.4) is 0 Å². The van der Waals surface area contributed by atoms with Gasteiger partial charge in [0, 0.05) is 31.4 Å². The number of nitrogens with one attached hydrogen (secondary N) is 1. The van der Waals surface area contributed by atoms with Crippen LogP contribution in [0.1, 0.15) is 15.9 Å². The van der Waals surface area contributed by atoms with Crippen molar-refractivity contribution in [2.75, 3.05) is 18.0 Å². The average Bonchev–Trinajstić information content (AvgIpc) is 2.69. The number of benzene rings is 2. The molecule has 0 saturated heterocycles. The van der Waals surface area contributed by atoms with E-state index in [1.54, 1.807) is 0 Å². The molecule has 3 rings (SSSR count). The predicted molar refractivity (Wildman–Crippen MR) is 76.2 cm³/mol. The summed E-state index contributed by atoms with van der Waals surface area (Å²) >= 11 is 0. The molecular formula is C16H14F2N2O. The molecule has 0 fully saturated rings. The lowest BCUT2D eigenvalue weighted by Gasteiger charge is -2.22. The maximum absolute atomic E-state index is 13.8. The molecule has 1 N–H and O–H groups in total. The van der Waals surface area contributed by atoms with Crippen LogP contribution in [0.5, 0.6) is 0 Å². The Balaban J connectivity index is 2.01. The summed E-state index contributed by atoms with van der Waals surface area (Å²) < 4.78 is 26.8. The third-order valence-corrected chi connectivity index (χ3v) is 3.52. The van der Waals surface area contributed by atoms with E-state index in [1.807, 2.05) is 24.3 Å². The summed E-state index contributed by atoms with van der Waals surface area (Å²) in [6.07, 6.45) is 0. The second-order valence-electron chi connectivity index (χ2n) is 4.89. The van der Waals surface area contributed by atoms with Gasteiger partial charge in [-0.15, -0.1) is 0 Å². The van der Waals surface area contributed by atoms with Crippen LogP contribution in [0.2, 0.25) is 0 Å². The number of nitrogens with zero attached hydrogens (tertiary/aromatic N) is 1. The number of hydrogen-bond acceptors (Lipinski definition) is 2. The Kier molecular flexibility index (Phi) is 3.66. The fourth-order valence-corrected chi connectivity index (χ4v) is 2.48. The Bertz CT molecular complexity index is 688. The molecule has 0 saturated carbocycles. The van der Waals surface area contributed by atoms with E-state index in [2.05, 4.69) is 5.32 Å². The standard InChI is InChI=1S/C16H14F2N2O/c17-12-5-6-13(14(18)9-12)16(21)20-8-7-19-10-11-3-1-2-4-15(11)20/h1-6,9,19H,7-8,10H2. The monoisotopic (exact) mass is 288 g/mol. The molecule has 1 heterocycles. The first kappa shape index (κ1) is 13.7. The molecule has 0 bridgehead atoms. The second kappa shape index (κ2) is 5.61. The Morgan fingerprint density at radius 1 is 1.14 bits per heavy atom. The minimum Gasteiger partial charge on any atom is -0.311 e. The summed E-state index contributed by atoms with van der Waals surface area (Å²) in [4.78, 5) is 14.1. The minimum atomic E-state index is -0.838. The Morgan fingerprint density at radius 2 is 1.95 bits per heavy atom. The molecular weight excluding hydrogens is 274 g/mol. The molecule has 0 unspecified atom stereocenters. The van der Waals surface area contributed by atoms with Crippen molar-refractivity contribution in [2.24, 2.45) is 0 Å². The molecule has 2 aromatic carbocycles. The summed E-state index contributed by atoms with van der Waals surface area (Å²) in [6.45, 7) is 1.71. The average molecular weight is 288 g/mol. The smallest absolute Gasteiger partial charge is 0.261 e. The topological polar surface area (TPSA) is 32.3 Å². The third-order valence-electron chi connectivity index (χ3n) is 3.52. The quantitative estimate of drug-likeness (QED) is 0.875. The highest BCUT2D eigenvalue weighted by atomic mass is 19.1. The van der Waals surface area contributed by atoms with Crippen LogP contribution in [0.4, 0.5) is 14.5 Å². The first-order chi connectivity index (χ1) is 10.2. The lowest BCUT2D eigenvalue weighted by molar-refractivity contribution is 0.0983. The highest BCUT2D eigenvalue weighted by Gasteiger charge is 2.24. The highest BCUT2D eigenvalue weighted by molar-refractivity contribution is 6.06. The summed E-state index contributed by atoms with van der Waals surface area (Å²) in [5, 5.41) is 3.22. The summed E-state index contributed by atoms with van der Waals surface area (Å²) in [7, 11) is 0. The van der Waals surface area contributed by atoms with Crippen molar-refractivity contribution < 1.29 is 13.6 Å². The van der Waals surface area contributed by atoms with Gasteiger partial charge in [-0.1, -0.05) is 18.2 Å². The maximum Gasteiger partial charge on any atom is 0.261 e. The number of amides is 1. The first-order valence-corrected chi connectivity index (χ1v) is 6.72. The number of anilines is 1. The molecule has 1 aliphatic rings. The first-order valence-electron chi connectivity index (χ1n) is 6.72. The Labute approximate surface area is 121 Å². The van der Waals surface area contributed by atoms with Gasteiger partial charge in [0.2, 0.25) is 0 Å². The van der Waals surface area contributed by atoms with E-state index in [4.69, 9.17) is 0 Å². The fraction of sp³-hybridized carbons (Fsp3) is 0.188. The van der Waals surface area contributed by atoms with Gasteiger partial charge < -0.3 is 10.2 Å². The van der Waals surface area contributed by atoms with Gasteiger partial charge in [0.05, 0.1) is 5.56 Å². The minimum absolute atomic E-state index is 0.117. The molecule has 1 aliphatic heterocycles. The van der Waals surface area contributed by atoms with E-state index < -0.39 is 17.5 Å². The van der Waals surface area contributed by atoms with Gasteiger partial charge in [-0.05, 0) is 23.8 Å². The number of para-hydroxylation sites is 1. The zero-order chi connectivity index (χ0) is 14.8. The van der Waals surface area contributed by atoms with Gasteiger partial charge in [0.15, 0.2) is 0 Å². The normalized spacial score (nSPS) is 14.5. The van der Waals surface area contributed by atoms with Crippen LogP contribution < -0.4 is 10.2 Å². The summed E-state index contributed by atoms with van der Waals surface area (Å²) in [6, 6.07) is 10.5. The third kappa shape index (κ3) is 2.64. The molecule has 108 valence electrons. The van der Waals surface area contributed by atoms with Crippen LogP contribution in [0.15, 0.2) is 42.5 Å². The van der Waals surface area contributed by atoms with Gasteiger partial charge in [-0.25, -0.2) is 8.78 Å². The molecule has 3 nitrogen and oxygen atoms in total. The van der Waals surface area contributed by atoms with Crippen molar-refractivity contribution >= 4 is 11.6 Å². The van der Waals surface area contributed by atoms with Gasteiger partial charge in [-0.2, -0.15) is 0 Å². The van der Waals surface area contributed by atoms with E-state index in [-0.39, 0.29) is 5.56 Å². The molecule has 0 aliphatic carbocycles. The zero-order valence-corrected chi connectivity index (χ0v) is 11.3.